The van der Waals surface area contributed by atoms with E-state index in [-0.39, 0.29) is 12.2 Å². The van der Waals surface area contributed by atoms with Crippen LogP contribution in [0.2, 0.25) is 0 Å². The minimum Gasteiger partial charge on any atom is -0.376 e. The first kappa shape index (κ1) is 18.6. The van der Waals surface area contributed by atoms with Crippen LogP contribution in [-0.4, -0.2) is 42.6 Å². The summed E-state index contributed by atoms with van der Waals surface area (Å²) in [5, 5.41) is 4.63. The van der Waals surface area contributed by atoms with Gasteiger partial charge in [0.05, 0.1) is 11.2 Å². The number of nitrogens with one attached hydrogen (secondary N) is 2. The minimum absolute atomic E-state index is 0.0946. The van der Waals surface area contributed by atoms with Crippen molar-refractivity contribution in [3.8, 4) is 0 Å². The number of hydrogen-bond acceptors (Lipinski definition) is 4. The fourth-order valence-electron chi connectivity index (χ4n) is 2.24. The fourth-order valence-corrected chi connectivity index (χ4v) is 3.64. The maximum Gasteiger partial charge on any atom is 0.416 e. The standard InChI is InChI=1S/C15H17F3N2O3S/c1-23-14(5-6-24-9-14)8-19-12(21)13(22)20-11-4-2-3-10(7-11)15(16,17)18/h2-4,7H,5-6,8-9H2,1H3,(H,19,21)(H,20,22). The number of anilines is 1. The maximum atomic E-state index is 12.6. The second-order valence-corrected chi connectivity index (χ2v) is 6.51. The molecule has 0 bridgehead atoms. The number of methoxy groups -OCH3 is 1. The van der Waals surface area contributed by atoms with Crippen LogP contribution >= 0.6 is 11.8 Å². The normalized spacial score (nSPS) is 20.7. The van der Waals surface area contributed by atoms with E-state index in [1.54, 1.807) is 18.9 Å². The molecule has 1 aromatic carbocycles. The zero-order chi connectivity index (χ0) is 17.8. The van der Waals surface area contributed by atoms with Gasteiger partial charge in [0.1, 0.15) is 0 Å². The number of halogens is 3. The Balaban J connectivity index is 1.93. The first-order valence-corrected chi connectivity index (χ1v) is 8.31. The molecule has 2 N–H and O–H groups in total. The van der Waals surface area contributed by atoms with Crippen molar-refractivity contribution in [1.29, 1.82) is 0 Å². The molecule has 0 aliphatic carbocycles. The molecule has 1 aromatic rings. The Bertz CT molecular complexity index is 616. The van der Waals surface area contributed by atoms with Crippen molar-refractivity contribution in [2.24, 2.45) is 0 Å². The Kier molecular flexibility index (Phi) is 5.76. The van der Waals surface area contributed by atoms with Gasteiger partial charge in [-0.2, -0.15) is 24.9 Å². The van der Waals surface area contributed by atoms with Crippen LogP contribution in [0, 0.1) is 0 Å². The molecule has 24 heavy (non-hydrogen) atoms. The number of rotatable bonds is 4. The Morgan fingerprint density at radius 1 is 1.33 bits per heavy atom. The van der Waals surface area contributed by atoms with Gasteiger partial charge < -0.3 is 15.4 Å². The van der Waals surface area contributed by atoms with Crippen molar-refractivity contribution < 1.29 is 27.5 Å². The topological polar surface area (TPSA) is 67.4 Å². The first-order chi connectivity index (χ1) is 11.3. The maximum absolute atomic E-state index is 12.6. The lowest BCUT2D eigenvalue weighted by Crippen LogP contribution is -2.47. The van der Waals surface area contributed by atoms with Crippen LogP contribution < -0.4 is 10.6 Å². The number of carbonyl (C=O) groups excluding carboxylic acids is 2. The second-order valence-electron chi connectivity index (χ2n) is 5.41. The monoisotopic (exact) mass is 362 g/mol. The number of thioether (sulfide) groups is 1. The molecule has 1 aliphatic heterocycles. The number of amides is 2. The van der Waals surface area contributed by atoms with Crippen LogP contribution in [0.15, 0.2) is 24.3 Å². The third kappa shape index (κ3) is 4.64. The van der Waals surface area contributed by atoms with E-state index in [0.717, 1.165) is 30.4 Å². The van der Waals surface area contributed by atoms with E-state index >= 15 is 0 Å². The van der Waals surface area contributed by atoms with Gasteiger partial charge in [0, 0.05) is 25.1 Å². The molecule has 0 radical (unpaired) electrons. The van der Waals surface area contributed by atoms with E-state index in [4.69, 9.17) is 4.74 Å². The fraction of sp³-hybridized carbons (Fsp3) is 0.467. The van der Waals surface area contributed by atoms with Gasteiger partial charge in [0.15, 0.2) is 0 Å². The molecular formula is C15H17F3N2O3S. The summed E-state index contributed by atoms with van der Waals surface area (Å²) in [4.78, 5) is 23.7. The lowest BCUT2D eigenvalue weighted by Gasteiger charge is -2.26. The predicted octanol–water partition coefficient (Wildman–Crippen LogP) is 2.28. The zero-order valence-electron chi connectivity index (χ0n) is 12.9. The SMILES string of the molecule is COC1(CNC(=O)C(=O)Nc2cccc(C(F)(F)F)c2)CCSC1. The van der Waals surface area contributed by atoms with E-state index in [9.17, 15) is 22.8 Å². The Labute approximate surface area is 141 Å². The molecule has 2 amide bonds. The van der Waals surface area contributed by atoms with Crippen LogP contribution in [0.3, 0.4) is 0 Å². The second kappa shape index (κ2) is 7.43. The molecule has 1 aliphatic rings. The average molecular weight is 362 g/mol. The van der Waals surface area contributed by atoms with Crippen molar-refractivity contribution in [3.05, 3.63) is 29.8 Å². The van der Waals surface area contributed by atoms with E-state index in [2.05, 4.69) is 10.6 Å². The van der Waals surface area contributed by atoms with E-state index in [0.29, 0.717) is 5.75 Å². The minimum atomic E-state index is -4.52. The molecule has 0 aromatic heterocycles. The highest BCUT2D eigenvalue weighted by atomic mass is 32.2. The Morgan fingerprint density at radius 2 is 2.08 bits per heavy atom. The van der Waals surface area contributed by atoms with Crippen LogP contribution in [0.5, 0.6) is 0 Å². The molecule has 1 unspecified atom stereocenters. The molecule has 5 nitrogen and oxygen atoms in total. The van der Waals surface area contributed by atoms with Gasteiger partial charge in [0.25, 0.3) is 0 Å². The van der Waals surface area contributed by atoms with Gasteiger partial charge in [-0.05, 0) is 30.4 Å². The molecular weight excluding hydrogens is 345 g/mol. The number of alkyl halides is 3. The highest BCUT2D eigenvalue weighted by Crippen LogP contribution is 2.31. The lowest BCUT2D eigenvalue weighted by molar-refractivity contribution is -0.137. The van der Waals surface area contributed by atoms with Crippen molar-refractivity contribution in [2.75, 3.05) is 30.5 Å². The number of ether oxygens (including phenoxy) is 1. The van der Waals surface area contributed by atoms with Gasteiger partial charge in [0.2, 0.25) is 0 Å². The van der Waals surface area contributed by atoms with Gasteiger partial charge in [-0.3, -0.25) is 9.59 Å². The first-order valence-electron chi connectivity index (χ1n) is 7.15. The van der Waals surface area contributed by atoms with Crippen LogP contribution in [-0.2, 0) is 20.5 Å². The summed E-state index contributed by atoms with van der Waals surface area (Å²) < 4.78 is 43.3. The van der Waals surface area contributed by atoms with Crippen molar-refractivity contribution in [1.82, 2.24) is 5.32 Å². The summed E-state index contributed by atoms with van der Waals surface area (Å²) in [6, 6.07) is 4.10. The molecule has 0 spiro atoms. The number of carbonyl (C=O) groups is 2. The van der Waals surface area contributed by atoms with Gasteiger partial charge in [-0.1, -0.05) is 6.07 Å². The van der Waals surface area contributed by atoms with Crippen molar-refractivity contribution in [3.63, 3.8) is 0 Å². The summed E-state index contributed by atoms with van der Waals surface area (Å²) in [6.45, 7) is 0.172. The Morgan fingerprint density at radius 3 is 2.67 bits per heavy atom. The predicted molar refractivity (Wildman–Crippen MR) is 84.8 cm³/mol. The van der Waals surface area contributed by atoms with Crippen molar-refractivity contribution >= 4 is 29.3 Å². The third-order valence-electron chi connectivity index (χ3n) is 3.73. The molecule has 1 fully saturated rings. The number of hydrogen-bond donors (Lipinski definition) is 2. The van der Waals surface area contributed by atoms with Gasteiger partial charge in [-0.15, -0.1) is 0 Å². The average Bonchev–Trinajstić information content (AvgIpc) is 3.01. The molecule has 0 saturated carbocycles. The molecule has 132 valence electrons. The van der Waals surface area contributed by atoms with Crippen molar-refractivity contribution in [2.45, 2.75) is 18.2 Å². The molecule has 1 atom stereocenters. The quantitative estimate of drug-likeness (QED) is 0.807. The highest BCUT2D eigenvalue weighted by Gasteiger charge is 2.35. The summed E-state index contributed by atoms with van der Waals surface area (Å²) in [5.74, 6) is -0.328. The van der Waals surface area contributed by atoms with E-state index in [1.807, 2.05) is 0 Å². The smallest absolute Gasteiger partial charge is 0.376 e. The molecule has 9 heteroatoms. The summed E-state index contributed by atoms with van der Waals surface area (Å²) in [6.07, 6.45) is -3.77. The summed E-state index contributed by atoms with van der Waals surface area (Å²) in [7, 11) is 1.54. The lowest BCUT2D eigenvalue weighted by atomic mass is 10.0. The van der Waals surface area contributed by atoms with Crippen LogP contribution in [0.25, 0.3) is 0 Å². The molecule has 2 rings (SSSR count). The summed E-state index contributed by atoms with van der Waals surface area (Å²) >= 11 is 1.69. The third-order valence-corrected chi connectivity index (χ3v) is 4.95. The Hall–Kier alpha value is -1.74. The molecule has 1 heterocycles. The highest BCUT2D eigenvalue weighted by molar-refractivity contribution is 7.99. The summed E-state index contributed by atoms with van der Waals surface area (Å²) in [5.41, 5.74) is -1.50. The van der Waals surface area contributed by atoms with Gasteiger partial charge >= 0.3 is 18.0 Å². The number of benzene rings is 1. The largest absolute Gasteiger partial charge is 0.416 e. The van der Waals surface area contributed by atoms with E-state index in [1.165, 1.54) is 6.07 Å². The van der Waals surface area contributed by atoms with Gasteiger partial charge in [-0.25, -0.2) is 0 Å². The van der Waals surface area contributed by atoms with Crippen LogP contribution in [0.4, 0.5) is 18.9 Å². The van der Waals surface area contributed by atoms with Crippen LogP contribution in [0.1, 0.15) is 12.0 Å². The zero-order valence-corrected chi connectivity index (χ0v) is 13.7. The molecule has 1 saturated heterocycles. The van der Waals surface area contributed by atoms with E-state index < -0.39 is 29.2 Å².